The fraction of sp³-hybridized carbons (Fsp3) is 0.118. The topological polar surface area (TPSA) is 64.1 Å². The lowest BCUT2D eigenvalue weighted by Crippen LogP contribution is -2.20. The number of aromatic nitrogens is 2. The third-order valence-corrected chi connectivity index (χ3v) is 5.94. The molecule has 0 atom stereocenters. The number of halogens is 2. The van der Waals surface area contributed by atoms with Gasteiger partial charge in [-0.25, -0.2) is 0 Å². The van der Waals surface area contributed by atoms with Gasteiger partial charge in [0, 0.05) is 10.2 Å². The largest absolute Gasteiger partial charge is 0.482 e. The van der Waals surface area contributed by atoms with Crippen LogP contribution in [0.3, 0.4) is 0 Å². The highest BCUT2D eigenvalue weighted by Gasteiger charge is 2.11. The molecule has 0 aliphatic carbocycles. The summed E-state index contributed by atoms with van der Waals surface area (Å²) in [4.78, 5) is 12.0. The molecule has 1 heterocycles. The molecule has 2 aromatic carbocycles. The molecule has 0 fully saturated rings. The van der Waals surface area contributed by atoms with Crippen LogP contribution in [0.15, 0.2) is 57.3 Å². The first-order chi connectivity index (χ1) is 12.6. The smallest absolute Gasteiger partial charge is 0.264 e. The molecule has 1 amide bonds. The fourth-order valence-electron chi connectivity index (χ4n) is 1.93. The maximum Gasteiger partial charge on any atom is 0.264 e. The molecular weight excluding hydrogens is 458 g/mol. The monoisotopic (exact) mass is 469 g/mol. The lowest BCUT2D eigenvalue weighted by atomic mass is 10.2. The summed E-state index contributed by atoms with van der Waals surface area (Å²) in [7, 11) is 0. The van der Waals surface area contributed by atoms with Gasteiger partial charge in [0.25, 0.3) is 5.91 Å². The minimum Gasteiger partial charge on any atom is -0.482 e. The van der Waals surface area contributed by atoms with Crippen molar-refractivity contribution in [2.45, 2.75) is 10.1 Å². The second-order valence-electron chi connectivity index (χ2n) is 5.06. The lowest BCUT2D eigenvalue weighted by molar-refractivity contribution is -0.118. The van der Waals surface area contributed by atoms with Crippen molar-refractivity contribution in [1.29, 1.82) is 0 Å². The molecule has 0 saturated heterocycles. The molecule has 1 N–H and O–H groups in total. The van der Waals surface area contributed by atoms with Crippen molar-refractivity contribution in [2.75, 3.05) is 11.9 Å². The molecule has 9 heteroatoms. The number of benzene rings is 2. The number of carbonyl (C=O) groups excluding carboxylic acids is 1. The normalized spacial score (nSPS) is 10.5. The molecule has 0 aliphatic heterocycles. The van der Waals surface area contributed by atoms with Crippen molar-refractivity contribution < 1.29 is 9.53 Å². The molecular formula is C17H13BrClN3O2S2. The van der Waals surface area contributed by atoms with Crippen molar-refractivity contribution in [2.24, 2.45) is 0 Å². The van der Waals surface area contributed by atoms with Gasteiger partial charge < -0.3 is 4.74 Å². The molecule has 5 nitrogen and oxygen atoms in total. The quantitative estimate of drug-likeness (QED) is 0.377. The van der Waals surface area contributed by atoms with Gasteiger partial charge in [0.1, 0.15) is 5.75 Å². The number of hydrogen-bond donors (Lipinski definition) is 1. The second-order valence-corrected chi connectivity index (χ2v) is 8.58. The number of anilines is 1. The number of amides is 1. The number of hydrogen-bond acceptors (Lipinski definition) is 6. The summed E-state index contributed by atoms with van der Waals surface area (Å²) in [6.45, 7) is -0.159. The first-order valence-corrected chi connectivity index (χ1v) is 10.5. The maximum absolute atomic E-state index is 12.0. The van der Waals surface area contributed by atoms with Crippen LogP contribution < -0.4 is 10.1 Å². The van der Waals surface area contributed by atoms with Gasteiger partial charge in [0.15, 0.2) is 10.9 Å². The highest BCUT2D eigenvalue weighted by molar-refractivity contribution is 9.10. The summed E-state index contributed by atoms with van der Waals surface area (Å²) < 4.78 is 7.06. The molecule has 0 saturated carbocycles. The van der Waals surface area contributed by atoms with E-state index in [0.717, 1.165) is 14.6 Å². The second kappa shape index (κ2) is 9.36. The van der Waals surface area contributed by atoms with Crippen LogP contribution in [0.25, 0.3) is 0 Å². The molecule has 0 aliphatic rings. The van der Waals surface area contributed by atoms with Crippen molar-refractivity contribution in [3.05, 3.63) is 63.6 Å². The van der Waals surface area contributed by atoms with Gasteiger partial charge in [0.05, 0.1) is 5.02 Å². The average Bonchev–Trinajstić information content (AvgIpc) is 3.07. The molecule has 134 valence electrons. The summed E-state index contributed by atoms with van der Waals surface area (Å²) in [6.07, 6.45) is 0. The van der Waals surface area contributed by atoms with Gasteiger partial charge in [-0.2, -0.15) is 0 Å². The summed E-state index contributed by atoms with van der Waals surface area (Å²) >= 11 is 12.3. The van der Waals surface area contributed by atoms with Crippen LogP contribution in [-0.4, -0.2) is 22.7 Å². The number of thioether (sulfide) groups is 1. The first kappa shape index (κ1) is 19.2. The first-order valence-electron chi connectivity index (χ1n) is 7.48. The van der Waals surface area contributed by atoms with E-state index in [0.29, 0.717) is 15.9 Å². The summed E-state index contributed by atoms with van der Waals surface area (Å²) in [5, 5.41) is 11.6. The molecule has 0 radical (unpaired) electrons. The number of nitrogens with one attached hydrogen (secondary N) is 1. The van der Waals surface area contributed by atoms with E-state index in [1.165, 1.54) is 16.9 Å². The molecule has 3 rings (SSSR count). The molecule has 1 aromatic heterocycles. The van der Waals surface area contributed by atoms with E-state index in [2.05, 4.69) is 43.6 Å². The van der Waals surface area contributed by atoms with Crippen LogP contribution in [0, 0.1) is 0 Å². The SMILES string of the molecule is O=C(COc1ccc(Br)cc1Cl)Nc1nnc(SCc2ccccc2)s1. The zero-order valence-electron chi connectivity index (χ0n) is 13.3. The number of ether oxygens (including phenoxy) is 1. The Kier molecular flexibility index (Phi) is 6.90. The fourth-order valence-corrected chi connectivity index (χ4v) is 4.38. The Balaban J connectivity index is 1.48. The minimum atomic E-state index is -0.320. The van der Waals surface area contributed by atoms with Gasteiger partial charge in [-0.05, 0) is 23.8 Å². The summed E-state index contributed by atoms with van der Waals surface area (Å²) in [5.41, 5.74) is 1.21. The number of rotatable bonds is 7. The molecule has 26 heavy (non-hydrogen) atoms. The molecule has 0 unspecified atom stereocenters. The van der Waals surface area contributed by atoms with Crippen LogP contribution in [0.2, 0.25) is 5.02 Å². The maximum atomic E-state index is 12.0. The van der Waals surface area contributed by atoms with E-state index in [4.69, 9.17) is 16.3 Å². The van der Waals surface area contributed by atoms with Gasteiger partial charge in [-0.15, -0.1) is 10.2 Å². The zero-order chi connectivity index (χ0) is 18.4. The molecule has 0 bridgehead atoms. The molecule has 0 spiro atoms. The number of carbonyl (C=O) groups is 1. The number of nitrogens with zero attached hydrogens (tertiary/aromatic N) is 2. The Bertz CT molecular complexity index is 893. The predicted molar refractivity (Wildman–Crippen MR) is 109 cm³/mol. The summed E-state index contributed by atoms with van der Waals surface area (Å²) in [5.74, 6) is 0.926. The van der Waals surface area contributed by atoms with Crippen LogP contribution in [-0.2, 0) is 10.5 Å². The van der Waals surface area contributed by atoms with E-state index >= 15 is 0 Å². The Morgan fingerprint density at radius 2 is 2.04 bits per heavy atom. The van der Waals surface area contributed by atoms with Crippen LogP contribution in [0.1, 0.15) is 5.56 Å². The standard InChI is InChI=1S/C17H13BrClN3O2S2/c18-12-6-7-14(13(19)8-12)24-9-15(23)20-16-21-22-17(26-16)25-10-11-4-2-1-3-5-11/h1-8H,9-10H2,(H,20,21,23). The lowest BCUT2D eigenvalue weighted by Gasteiger charge is -2.07. The summed E-state index contributed by atoms with van der Waals surface area (Å²) in [6, 6.07) is 15.3. The van der Waals surface area contributed by atoms with Crippen molar-refractivity contribution >= 4 is 61.7 Å². The highest BCUT2D eigenvalue weighted by atomic mass is 79.9. The Labute approximate surface area is 172 Å². The third kappa shape index (κ3) is 5.70. The van der Waals surface area contributed by atoms with E-state index in [1.54, 1.807) is 30.0 Å². The highest BCUT2D eigenvalue weighted by Crippen LogP contribution is 2.29. The van der Waals surface area contributed by atoms with Crippen LogP contribution in [0.4, 0.5) is 5.13 Å². The van der Waals surface area contributed by atoms with Crippen LogP contribution in [0.5, 0.6) is 5.75 Å². The van der Waals surface area contributed by atoms with Gasteiger partial charge in [-0.1, -0.05) is 81.0 Å². The third-order valence-electron chi connectivity index (χ3n) is 3.11. The van der Waals surface area contributed by atoms with Crippen molar-refractivity contribution in [3.63, 3.8) is 0 Å². The van der Waals surface area contributed by atoms with Crippen molar-refractivity contribution in [1.82, 2.24) is 10.2 Å². The van der Waals surface area contributed by atoms with Crippen LogP contribution >= 0.6 is 50.6 Å². The minimum absolute atomic E-state index is 0.159. The van der Waals surface area contributed by atoms with Crippen molar-refractivity contribution in [3.8, 4) is 5.75 Å². The Morgan fingerprint density at radius 3 is 2.81 bits per heavy atom. The van der Waals surface area contributed by atoms with E-state index < -0.39 is 0 Å². The van der Waals surface area contributed by atoms with Gasteiger partial charge in [0.2, 0.25) is 5.13 Å². The Morgan fingerprint density at radius 1 is 1.23 bits per heavy atom. The average molecular weight is 471 g/mol. The molecule has 3 aromatic rings. The predicted octanol–water partition coefficient (Wildman–Crippen LogP) is 5.26. The zero-order valence-corrected chi connectivity index (χ0v) is 17.3. The van der Waals surface area contributed by atoms with E-state index in [-0.39, 0.29) is 12.5 Å². The van der Waals surface area contributed by atoms with E-state index in [9.17, 15) is 4.79 Å². The van der Waals surface area contributed by atoms with E-state index in [1.807, 2.05) is 18.2 Å². The van der Waals surface area contributed by atoms with Gasteiger partial charge >= 0.3 is 0 Å². The Hall–Kier alpha value is -1.61. The van der Waals surface area contributed by atoms with Gasteiger partial charge in [-0.3, -0.25) is 10.1 Å².